The average molecular weight is 266 g/mol. The van der Waals surface area contributed by atoms with Gasteiger partial charge in [0.2, 0.25) is 0 Å². The standard InChI is InChI=1S/C13H18N2O4/c1-7-4-9(5-8(2)11(7)14)12(17)15-10(6-16)13(18)19-3/h4-5,10,16H,6,14H2,1-3H3,(H,15,17)/t10-/m1/s1. The fourth-order valence-electron chi connectivity index (χ4n) is 1.67. The number of nitrogen functional groups attached to an aromatic ring is 1. The van der Waals surface area contributed by atoms with Gasteiger partial charge in [-0.1, -0.05) is 0 Å². The predicted octanol–water partition coefficient (Wildman–Crippen LogP) is 0.149. The van der Waals surface area contributed by atoms with Crippen LogP contribution in [0.2, 0.25) is 0 Å². The van der Waals surface area contributed by atoms with Gasteiger partial charge in [0.25, 0.3) is 5.91 Å². The smallest absolute Gasteiger partial charge is 0.330 e. The summed E-state index contributed by atoms with van der Waals surface area (Å²) in [5.41, 5.74) is 8.37. The zero-order valence-electron chi connectivity index (χ0n) is 11.2. The van der Waals surface area contributed by atoms with Crippen molar-refractivity contribution in [2.45, 2.75) is 19.9 Å². The third kappa shape index (κ3) is 3.45. The van der Waals surface area contributed by atoms with E-state index in [1.807, 2.05) is 0 Å². The van der Waals surface area contributed by atoms with Gasteiger partial charge in [-0.2, -0.15) is 0 Å². The second-order valence-electron chi connectivity index (χ2n) is 4.26. The highest BCUT2D eigenvalue weighted by atomic mass is 16.5. The van der Waals surface area contributed by atoms with Gasteiger partial charge >= 0.3 is 5.97 Å². The van der Waals surface area contributed by atoms with Crippen LogP contribution in [0.15, 0.2) is 12.1 Å². The first-order valence-electron chi connectivity index (χ1n) is 5.77. The maximum Gasteiger partial charge on any atom is 0.330 e. The van der Waals surface area contributed by atoms with Crippen molar-refractivity contribution in [3.63, 3.8) is 0 Å². The van der Waals surface area contributed by atoms with E-state index < -0.39 is 24.5 Å². The van der Waals surface area contributed by atoms with Gasteiger partial charge in [-0.3, -0.25) is 4.79 Å². The molecule has 1 rings (SSSR count). The highest BCUT2D eigenvalue weighted by Gasteiger charge is 2.21. The second-order valence-corrected chi connectivity index (χ2v) is 4.26. The second kappa shape index (κ2) is 6.19. The van der Waals surface area contributed by atoms with E-state index in [-0.39, 0.29) is 0 Å². The molecular weight excluding hydrogens is 248 g/mol. The molecule has 0 spiro atoms. The lowest BCUT2D eigenvalue weighted by atomic mass is 10.0. The number of nitrogens with two attached hydrogens (primary N) is 1. The van der Waals surface area contributed by atoms with Crippen molar-refractivity contribution < 1.29 is 19.4 Å². The molecule has 4 N–H and O–H groups in total. The molecule has 104 valence electrons. The number of carbonyl (C=O) groups is 2. The normalized spacial score (nSPS) is 11.8. The summed E-state index contributed by atoms with van der Waals surface area (Å²) >= 11 is 0. The Bertz CT molecular complexity index is 476. The van der Waals surface area contributed by atoms with E-state index in [0.29, 0.717) is 11.3 Å². The zero-order valence-corrected chi connectivity index (χ0v) is 11.2. The van der Waals surface area contributed by atoms with Crippen molar-refractivity contribution in [2.75, 3.05) is 19.5 Å². The SMILES string of the molecule is COC(=O)[C@@H](CO)NC(=O)c1cc(C)c(N)c(C)c1. The van der Waals surface area contributed by atoms with Gasteiger partial charge in [0, 0.05) is 11.3 Å². The van der Waals surface area contributed by atoms with Gasteiger partial charge in [-0.15, -0.1) is 0 Å². The van der Waals surface area contributed by atoms with Crippen molar-refractivity contribution in [3.05, 3.63) is 28.8 Å². The van der Waals surface area contributed by atoms with Gasteiger partial charge < -0.3 is 20.9 Å². The molecule has 0 aliphatic heterocycles. The van der Waals surface area contributed by atoms with E-state index in [0.717, 1.165) is 11.1 Å². The van der Waals surface area contributed by atoms with Crippen LogP contribution in [-0.2, 0) is 9.53 Å². The van der Waals surface area contributed by atoms with Crippen LogP contribution in [0.4, 0.5) is 5.69 Å². The van der Waals surface area contributed by atoms with E-state index in [1.54, 1.807) is 26.0 Å². The maximum atomic E-state index is 12.0. The third-order valence-corrected chi connectivity index (χ3v) is 2.83. The van der Waals surface area contributed by atoms with Crippen molar-refractivity contribution in [2.24, 2.45) is 0 Å². The summed E-state index contributed by atoms with van der Waals surface area (Å²) in [4.78, 5) is 23.3. The van der Waals surface area contributed by atoms with Crippen LogP contribution >= 0.6 is 0 Å². The number of amides is 1. The van der Waals surface area contributed by atoms with Crippen molar-refractivity contribution in [1.29, 1.82) is 0 Å². The fraction of sp³-hybridized carbons (Fsp3) is 0.385. The molecular formula is C13H18N2O4. The molecule has 19 heavy (non-hydrogen) atoms. The number of anilines is 1. The Hall–Kier alpha value is -2.08. The Morgan fingerprint density at radius 3 is 2.32 bits per heavy atom. The Labute approximate surface area is 111 Å². The molecule has 1 aromatic carbocycles. The lowest BCUT2D eigenvalue weighted by molar-refractivity contribution is -0.143. The summed E-state index contributed by atoms with van der Waals surface area (Å²) in [6, 6.07) is 2.18. The molecule has 6 heteroatoms. The van der Waals surface area contributed by atoms with Crippen LogP contribution in [0, 0.1) is 13.8 Å². The van der Waals surface area contributed by atoms with Gasteiger partial charge in [-0.05, 0) is 37.1 Å². The third-order valence-electron chi connectivity index (χ3n) is 2.83. The van der Waals surface area contributed by atoms with Gasteiger partial charge in [0.15, 0.2) is 6.04 Å². The minimum atomic E-state index is -1.07. The Morgan fingerprint density at radius 2 is 1.89 bits per heavy atom. The number of hydrogen-bond acceptors (Lipinski definition) is 5. The molecule has 0 fully saturated rings. The first kappa shape index (κ1) is 15.0. The van der Waals surface area contributed by atoms with Crippen LogP contribution in [0.25, 0.3) is 0 Å². The topological polar surface area (TPSA) is 102 Å². The van der Waals surface area contributed by atoms with Crippen LogP contribution in [0.3, 0.4) is 0 Å². The number of ether oxygens (including phenoxy) is 1. The van der Waals surface area contributed by atoms with Crippen LogP contribution in [-0.4, -0.2) is 36.7 Å². The van der Waals surface area contributed by atoms with Crippen LogP contribution < -0.4 is 11.1 Å². The van der Waals surface area contributed by atoms with Crippen LogP contribution in [0.1, 0.15) is 21.5 Å². The van der Waals surface area contributed by atoms with Crippen molar-refractivity contribution in [1.82, 2.24) is 5.32 Å². The lowest BCUT2D eigenvalue weighted by Gasteiger charge is -2.15. The Balaban J connectivity index is 2.92. The highest BCUT2D eigenvalue weighted by Crippen LogP contribution is 2.18. The number of methoxy groups -OCH3 is 1. The molecule has 0 aliphatic rings. The monoisotopic (exact) mass is 266 g/mol. The summed E-state index contributed by atoms with van der Waals surface area (Å²) in [5.74, 6) is -1.16. The summed E-state index contributed by atoms with van der Waals surface area (Å²) in [5, 5.41) is 11.4. The van der Waals surface area contributed by atoms with E-state index in [4.69, 9.17) is 10.8 Å². The predicted molar refractivity (Wildman–Crippen MR) is 70.7 cm³/mol. The van der Waals surface area contributed by atoms with Gasteiger partial charge in [0.1, 0.15) is 0 Å². The van der Waals surface area contributed by atoms with E-state index in [1.165, 1.54) is 7.11 Å². The molecule has 0 saturated carbocycles. The lowest BCUT2D eigenvalue weighted by Crippen LogP contribution is -2.44. The molecule has 1 atom stereocenters. The summed E-state index contributed by atoms with van der Waals surface area (Å²) in [6.07, 6.45) is 0. The average Bonchev–Trinajstić information content (AvgIpc) is 2.40. The number of benzene rings is 1. The van der Waals surface area contributed by atoms with Crippen LogP contribution in [0.5, 0.6) is 0 Å². The number of aliphatic hydroxyl groups excluding tert-OH is 1. The molecule has 0 radical (unpaired) electrons. The zero-order chi connectivity index (χ0) is 14.6. The molecule has 0 unspecified atom stereocenters. The Morgan fingerprint density at radius 1 is 1.37 bits per heavy atom. The molecule has 1 aromatic rings. The number of carbonyl (C=O) groups excluding carboxylic acids is 2. The minimum absolute atomic E-state index is 0.381. The summed E-state index contributed by atoms with van der Waals surface area (Å²) < 4.78 is 4.47. The fourth-order valence-corrected chi connectivity index (χ4v) is 1.67. The number of rotatable bonds is 4. The van der Waals surface area contributed by atoms with E-state index >= 15 is 0 Å². The molecule has 0 saturated heterocycles. The first-order valence-corrected chi connectivity index (χ1v) is 5.77. The molecule has 1 amide bonds. The number of aliphatic hydroxyl groups is 1. The summed E-state index contributed by atoms with van der Waals surface area (Å²) in [7, 11) is 1.19. The number of hydrogen-bond donors (Lipinski definition) is 3. The van der Waals surface area contributed by atoms with Crippen molar-refractivity contribution >= 4 is 17.6 Å². The van der Waals surface area contributed by atoms with E-state index in [2.05, 4.69) is 10.1 Å². The van der Waals surface area contributed by atoms with Crippen molar-refractivity contribution in [3.8, 4) is 0 Å². The highest BCUT2D eigenvalue weighted by molar-refractivity contribution is 5.97. The number of aryl methyl sites for hydroxylation is 2. The molecule has 6 nitrogen and oxygen atoms in total. The minimum Gasteiger partial charge on any atom is -0.467 e. The first-order chi connectivity index (χ1) is 8.90. The quantitative estimate of drug-likeness (QED) is 0.532. The van der Waals surface area contributed by atoms with E-state index in [9.17, 15) is 9.59 Å². The molecule has 0 aromatic heterocycles. The van der Waals surface area contributed by atoms with Gasteiger partial charge in [0.05, 0.1) is 13.7 Å². The van der Waals surface area contributed by atoms with Gasteiger partial charge in [-0.25, -0.2) is 4.79 Å². The molecule has 0 aliphatic carbocycles. The molecule has 0 heterocycles. The molecule has 0 bridgehead atoms. The number of esters is 1. The largest absolute Gasteiger partial charge is 0.467 e. The summed E-state index contributed by atoms with van der Waals surface area (Å²) in [6.45, 7) is 3.07. The Kier molecular flexibility index (Phi) is 4.88. The number of nitrogens with one attached hydrogen (secondary N) is 1. The maximum absolute atomic E-state index is 12.0.